The number of halogens is 1. The minimum absolute atomic E-state index is 0.00330. The maximum atomic E-state index is 14.3. The Labute approximate surface area is 213 Å². The SMILES string of the molecule is CCC(C)(C)CC1CC(c2onc([C@@H](CCC(=O)O)CC(=O)Cc3ccc(C)cc3F)c2C2CC2)C1. The third kappa shape index (κ3) is 6.43. The molecule has 0 saturated heterocycles. The van der Waals surface area contributed by atoms with Crippen LogP contribution in [0.1, 0.15) is 124 Å². The number of carbonyl (C=O) groups excluding carboxylic acids is 1. The zero-order chi connectivity index (χ0) is 26.0. The fraction of sp³-hybridized carbons (Fsp3) is 0.633. The third-order valence-electron chi connectivity index (χ3n) is 8.34. The molecular weight excluding hydrogens is 457 g/mol. The van der Waals surface area contributed by atoms with Crippen molar-refractivity contribution >= 4 is 11.8 Å². The summed E-state index contributed by atoms with van der Waals surface area (Å²) < 4.78 is 20.3. The maximum Gasteiger partial charge on any atom is 0.303 e. The van der Waals surface area contributed by atoms with Crippen LogP contribution in [-0.2, 0) is 16.0 Å². The van der Waals surface area contributed by atoms with Crippen LogP contribution in [0.25, 0.3) is 0 Å². The highest BCUT2D eigenvalue weighted by atomic mass is 19.1. The average Bonchev–Trinajstić information content (AvgIpc) is 3.54. The first-order valence-corrected chi connectivity index (χ1v) is 13.5. The van der Waals surface area contributed by atoms with E-state index in [2.05, 4.69) is 25.9 Å². The highest BCUT2D eigenvalue weighted by Gasteiger charge is 2.42. The van der Waals surface area contributed by atoms with Gasteiger partial charge in [-0.15, -0.1) is 0 Å². The number of aryl methyl sites for hydroxylation is 1. The van der Waals surface area contributed by atoms with Crippen LogP contribution in [0.15, 0.2) is 22.7 Å². The fourth-order valence-corrected chi connectivity index (χ4v) is 5.72. The summed E-state index contributed by atoms with van der Waals surface area (Å²) in [6.45, 7) is 8.72. The number of hydrogen-bond donors (Lipinski definition) is 1. The van der Waals surface area contributed by atoms with E-state index in [1.165, 1.54) is 18.9 Å². The Morgan fingerprint density at radius 1 is 1.22 bits per heavy atom. The molecule has 6 heteroatoms. The predicted octanol–water partition coefficient (Wildman–Crippen LogP) is 7.47. The van der Waals surface area contributed by atoms with Crippen LogP contribution < -0.4 is 0 Å². The predicted molar refractivity (Wildman–Crippen MR) is 137 cm³/mol. The number of carboxylic acids is 1. The minimum Gasteiger partial charge on any atom is -0.481 e. The Morgan fingerprint density at radius 2 is 1.94 bits per heavy atom. The molecule has 4 rings (SSSR count). The van der Waals surface area contributed by atoms with E-state index >= 15 is 0 Å². The molecule has 0 unspecified atom stereocenters. The molecule has 1 heterocycles. The number of aromatic nitrogens is 1. The van der Waals surface area contributed by atoms with Crippen LogP contribution in [0.4, 0.5) is 4.39 Å². The number of hydrogen-bond acceptors (Lipinski definition) is 4. The van der Waals surface area contributed by atoms with Crippen molar-refractivity contribution < 1.29 is 23.6 Å². The van der Waals surface area contributed by atoms with Gasteiger partial charge >= 0.3 is 5.97 Å². The highest BCUT2D eigenvalue weighted by molar-refractivity contribution is 5.82. The van der Waals surface area contributed by atoms with Gasteiger partial charge in [0.05, 0.1) is 5.69 Å². The van der Waals surface area contributed by atoms with Gasteiger partial charge in [0.2, 0.25) is 0 Å². The summed E-state index contributed by atoms with van der Waals surface area (Å²) in [7, 11) is 0. The van der Waals surface area contributed by atoms with Gasteiger partial charge < -0.3 is 9.63 Å². The lowest BCUT2D eigenvalue weighted by Gasteiger charge is -2.39. The van der Waals surface area contributed by atoms with Crippen LogP contribution in [0, 0.1) is 24.1 Å². The lowest BCUT2D eigenvalue weighted by atomic mass is 9.66. The molecule has 0 amide bonds. The molecule has 0 radical (unpaired) electrons. The second-order valence-electron chi connectivity index (χ2n) is 12.0. The van der Waals surface area contributed by atoms with Crippen LogP contribution in [0.5, 0.6) is 0 Å². The Kier molecular flexibility index (Phi) is 8.01. The summed E-state index contributed by atoms with van der Waals surface area (Å²) in [5.74, 6) is 0.707. The number of ketones is 1. The van der Waals surface area contributed by atoms with Gasteiger partial charge in [-0.3, -0.25) is 9.59 Å². The number of nitrogens with zero attached hydrogens (tertiary/aromatic N) is 1. The van der Waals surface area contributed by atoms with Gasteiger partial charge in [-0.2, -0.15) is 0 Å². The van der Waals surface area contributed by atoms with E-state index in [0.717, 1.165) is 48.3 Å². The molecule has 1 aromatic heterocycles. The van der Waals surface area contributed by atoms with E-state index in [-0.39, 0.29) is 36.8 Å². The van der Waals surface area contributed by atoms with Gasteiger partial charge in [0.25, 0.3) is 0 Å². The quantitative estimate of drug-likeness (QED) is 0.310. The molecule has 196 valence electrons. The molecule has 2 saturated carbocycles. The van der Waals surface area contributed by atoms with Crippen LogP contribution in [0.2, 0.25) is 0 Å². The van der Waals surface area contributed by atoms with Crippen LogP contribution in [-0.4, -0.2) is 22.0 Å². The standard InChI is InChI=1S/C30H40FNO4/c1-5-30(3,4)17-19-13-23(14-19)29-27(20-8-9-20)28(32-36-29)22(10-11-26(34)35)16-24(33)15-21-7-6-18(2)12-25(21)31/h6-7,12,19-20,22-23H,5,8-11,13-17H2,1-4H3,(H,34,35)/t19?,22-,23?/m0/s1. The summed E-state index contributed by atoms with van der Waals surface area (Å²) in [6.07, 6.45) is 7.16. The number of carboxylic acid groups (broad SMARTS) is 1. The van der Waals surface area contributed by atoms with Crippen molar-refractivity contribution in [2.24, 2.45) is 11.3 Å². The van der Waals surface area contributed by atoms with E-state index in [4.69, 9.17) is 4.52 Å². The zero-order valence-electron chi connectivity index (χ0n) is 22.1. The van der Waals surface area contributed by atoms with Gasteiger partial charge in [-0.1, -0.05) is 44.5 Å². The Bertz CT molecular complexity index is 1090. The second-order valence-corrected chi connectivity index (χ2v) is 12.0. The number of Topliss-reactive ketones (excluding diaryl/α,β-unsaturated/α-hetero) is 1. The summed E-state index contributed by atoms with van der Waals surface area (Å²) in [4.78, 5) is 24.4. The van der Waals surface area contributed by atoms with Crippen molar-refractivity contribution in [2.75, 3.05) is 0 Å². The second kappa shape index (κ2) is 10.9. The molecule has 1 atom stereocenters. The first-order valence-electron chi connectivity index (χ1n) is 13.5. The van der Waals surface area contributed by atoms with Gasteiger partial charge in [0, 0.05) is 36.7 Å². The van der Waals surface area contributed by atoms with E-state index in [1.54, 1.807) is 12.1 Å². The van der Waals surface area contributed by atoms with Gasteiger partial charge in [0.15, 0.2) is 0 Å². The lowest BCUT2D eigenvalue weighted by molar-refractivity contribution is -0.137. The lowest BCUT2D eigenvalue weighted by Crippen LogP contribution is -2.27. The van der Waals surface area contributed by atoms with Crippen LogP contribution in [0.3, 0.4) is 0 Å². The highest BCUT2D eigenvalue weighted by Crippen LogP contribution is 2.53. The maximum absolute atomic E-state index is 14.3. The summed E-state index contributed by atoms with van der Waals surface area (Å²) in [5, 5.41) is 13.8. The molecule has 2 aliphatic rings. The van der Waals surface area contributed by atoms with Gasteiger partial charge in [-0.25, -0.2) is 4.39 Å². The number of aliphatic carboxylic acids is 1. The molecule has 1 aromatic carbocycles. The molecule has 1 N–H and O–H groups in total. The Balaban J connectivity index is 1.50. The van der Waals surface area contributed by atoms with E-state index in [9.17, 15) is 19.1 Å². The van der Waals surface area contributed by atoms with Crippen molar-refractivity contribution in [1.29, 1.82) is 0 Å². The first kappa shape index (κ1) is 26.6. The van der Waals surface area contributed by atoms with Gasteiger partial charge in [0.1, 0.15) is 17.4 Å². The van der Waals surface area contributed by atoms with Gasteiger partial charge in [-0.05, 0) is 79.9 Å². The van der Waals surface area contributed by atoms with Crippen LogP contribution >= 0.6 is 0 Å². The van der Waals surface area contributed by atoms with Crippen molar-refractivity contribution in [1.82, 2.24) is 5.16 Å². The van der Waals surface area contributed by atoms with E-state index in [1.807, 2.05) is 6.92 Å². The largest absolute Gasteiger partial charge is 0.481 e. The third-order valence-corrected chi connectivity index (χ3v) is 8.34. The van der Waals surface area contributed by atoms with E-state index in [0.29, 0.717) is 35.2 Å². The number of rotatable bonds is 13. The summed E-state index contributed by atoms with van der Waals surface area (Å²) in [6, 6.07) is 4.90. The van der Waals surface area contributed by atoms with Crippen molar-refractivity contribution in [3.63, 3.8) is 0 Å². The zero-order valence-corrected chi connectivity index (χ0v) is 22.1. The smallest absolute Gasteiger partial charge is 0.303 e. The van der Waals surface area contributed by atoms with Crippen molar-refractivity contribution in [2.45, 2.75) is 110 Å². The molecule has 5 nitrogen and oxygen atoms in total. The molecule has 0 aliphatic heterocycles. The topological polar surface area (TPSA) is 80.4 Å². The normalized spacial score (nSPS) is 20.7. The molecule has 2 fully saturated rings. The number of benzene rings is 1. The molecule has 36 heavy (non-hydrogen) atoms. The van der Waals surface area contributed by atoms with E-state index < -0.39 is 5.97 Å². The monoisotopic (exact) mass is 497 g/mol. The molecule has 0 spiro atoms. The summed E-state index contributed by atoms with van der Waals surface area (Å²) >= 11 is 0. The first-order chi connectivity index (χ1) is 17.1. The van der Waals surface area contributed by atoms with Crippen molar-refractivity contribution in [3.05, 3.63) is 52.2 Å². The molecular formula is C30H40FNO4. The number of carbonyl (C=O) groups is 2. The fourth-order valence-electron chi connectivity index (χ4n) is 5.72. The Morgan fingerprint density at radius 3 is 2.56 bits per heavy atom. The molecule has 2 aliphatic carbocycles. The Hall–Kier alpha value is -2.50. The summed E-state index contributed by atoms with van der Waals surface area (Å²) in [5.41, 5.74) is 3.44. The van der Waals surface area contributed by atoms with Crippen molar-refractivity contribution in [3.8, 4) is 0 Å². The molecule has 0 bridgehead atoms. The average molecular weight is 498 g/mol. The molecule has 2 aromatic rings. The minimum atomic E-state index is -0.894.